The van der Waals surface area contributed by atoms with E-state index in [2.05, 4.69) is 5.32 Å². The Kier molecular flexibility index (Phi) is 6.80. The molecule has 1 N–H and O–H groups in total. The first-order valence-corrected chi connectivity index (χ1v) is 10.6. The van der Waals surface area contributed by atoms with Gasteiger partial charge in [0.1, 0.15) is 5.75 Å². The van der Waals surface area contributed by atoms with E-state index in [1.54, 1.807) is 48.5 Å². The molecule has 0 heterocycles. The zero-order valence-electron chi connectivity index (χ0n) is 16.3. The molecular formula is C20H24N2O5S. The van der Waals surface area contributed by atoms with Gasteiger partial charge in [0.05, 0.1) is 11.9 Å². The summed E-state index contributed by atoms with van der Waals surface area (Å²) in [6, 6.07) is 13.1. The lowest BCUT2D eigenvalue weighted by Gasteiger charge is -2.19. The third-order valence-corrected chi connectivity index (χ3v) is 5.38. The van der Waals surface area contributed by atoms with E-state index in [0.717, 1.165) is 10.6 Å². The van der Waals surface area contributed by atoms with Crippen LogP contribution in [0, 0.1) is 0 Å². The van der Waals surface area contributed by atoms with E-state index < -0.39 is 16.1 Å². The lowest BCUT2D eigenvalue weighted by Crippen LogP contribution is -2.32. The monoisotopic (exact) mass is 404 g/mol. The lowest BCUT2D eigenvalue weighted by molar-refractivity contribution is -0.122. The Hall–Kier alpha value is -2.87. The summed E-state index contributed by atoms with van der Waals surface area (Å²) < 4.78 is 30.1. The predicted molar refractivity (Wildman–Crippen MR) is 109 cm³/mol. The van der Waals surface area contributed by atoms with Crippen molar-refractivity contribution in [3.05, 3.63) is 54.1 Å². The van der Waals surface area contributed by atoms with Crippen LogP contribution in [0.2, 0.25) is 0 Å². The maximum absolute atomic E-state index is 12.5. The van der Waals surface area contributed by atoms with E-state index in [4.69, 9.17) is 4.74 Å². The van der Waals surface area contributed by atoms with Crippen LogP contribution in [0.25, 0.3) is 0 Å². The van der Waals surface area contributed by atoms with Crippen molar-refractivity contribution >= 4 is 33.1 Å². The number of amides is 1. The van der Waals surface area contributed by atoms with Crippen LogP contribution in [-0.4, -0.2) is 39.5 Å². The summed E-state index contributed by atoms with van der Waals surface area (Å²) in [5, 5.41) is 2.75. The zero-order chi connectivity index (χ0) is 20.9. The van der Waals surface area contributed by atoms with E-state index in [1.807, 2.05) is 6.92 Å². The Morgan fingerprint density at radius 2 is 1.79 bits per heavy atom. The minimum Gasteiger partial charge on any atom is -0.481 e. The number of nitrogens with zero attached hydrogens (tertiary/aromatic N) is 1. The lowest BCUT2D eigenvalue weighted by atomic mass is 10.1. The van der Waals surface area contributed by atoms with Gasteiger partial charge in [0.15, 0.2) is 11.9 Å². The maximum Gasteiger partial charge on any atom is 0.265 e. The molecule has 28 heavy (non-hydrogen) atoms. The van der Waals surface area contributed by atoms with Crippen molar-refractivity contribution in [1.82, 2.24) is 0 Å². The molecule has 0 bridgehead atoms. The first-order chi connectivity index (χ1) is 13.1. The third-order valence-electron chi connectivity index (χ3n) is 4.18. The smallest absolute Gasteiger partial charge is 0.265 e. The second-order valence-electron chi connectivity index (χ2n) is 6.37. The Bertz CT molecular complexity index is 955. The molecule has 1 amide bonds. The molecule has 150 valence electrons. The first kappa shape index (κ1) is 21.4. The summed E-state index contributed by atoms with van der Waals surface area (Å²) in [4.78, 5) is 24.0. The molecule has 1 unspecified atom stereocenters. The number of carbonyl (C=O) groups excluding carboxylic acids is 2. The van der Waals surface area contributed by atoms with E-state index in [9.17, 15) is 18.0 Å². The van der Waals surface area contributed by atoms with Gasteiger partial charge in [-0.3, -0.25) is 13.9 Å². The van der Waals surface area contributed by atoms with Gasteiger partial charge in [0, 0.05) is 18.3 Å². The van der Waals surface area contributed by atoms with E-state index >= 15 is 0 Å². The fraction of sp³-hybridized carbons (Fsp3) is 0.300. The molecule has 1 atom stereocenters. The number of hydrogen-bond acceptors (Lipinski definition) is 5. The van der Waals surface area contributed by atoms with Gasteiger partial charge in [-0.15, -0.1) is 0 Å². The molecule has 2 aromatic rings. The summed E-state index contributed by atoms with van der Waals surface area (Å²) >= 11 is 0. The molecular weight excluding hydrogens is 380 g/mol. The van der Waals surface area contributed by atoms with Gasteiger partial charge >= 0.3 is 0 Å². The maximum atomic E-state index is 12.5. The van der Waals surface area contributed by atoms with Crippen molar-refractivity contribution in [1.29, 1.82) is 0 Å². The van der Waals surface area contributed by atoms with Crippen LogP contribution in [-0.2, 0) is 14.8 Å². The fourth-order valence-corrected chi connectivity index (χ4v) is 2.96. The molecule has 0 spiro atoms. The van der Waals surface area contributed by atoms with Crippen molar-refractivity contribution in [3.8, 4) is 5.75 Å². The van der Waals surface area contributed by atoms with Crippen LogP contribution in [0.1, 0.15) is 30.6 Å². The zero-order valence-corrected chi connectivity index (χ0v) is 17.1. The van der Waals surface area contributed by atoms with Gasteiger partial charge in [-0.1, -0.05) is 19.1 Å². The Labute approximate surface area is 165 Å². The second-order valence-corrected chi connectivity index (χ2v) is 8.38. The highest BCUT2D eigenvalue weighted by molar-refractivity contribution is 7.92. The van der Waals surface area contributed by atoms with Crippen molar-refractivity contribution in [2.45, 2.75) is 26.4 Å². The normalized spacial score (nSPS) is 12.1. The number of hydrogen-bond donors (Lipinski definition) is 1. The number of anilines is 2. The topological polar surface area (TPSA) is 92.8 Å². The number of benzene rings is 2. The van der Waals surface area contributed by atoms with Gasteiger partial charge in [0.2, 0.25) is 10.0 Å². The van der Waals surface area contributed by atoms with E-state index in [1.165, 1.54) is 14.0 Å². The van der Waals surface area contributed by atoms with Crippen LogP contribution in [0.5, 0.6) is 5.75 Å². The fourth-order valence-electron chi connectivity index (χ4n) is 2.45. The molecule has 0 aliphatic heterocycles. The first-order valence-electron chi connectivity index (χ1n) is 8.74. The van der Waals surface area contributed by atoms with Crippen LogP contribution in [0.15, 0.2) is 48.5 Å². The third kappa shape index (κ3) is 5.56. The van der Waals surface area contributed by atoms with Gasteiger partial charge < -0.3 is 10.1 Å². The van der Waals surface area contributed by atoms with Crippen molar-refractivity contribution < 1.29 is 22.7 Å². The number of sulfonamides is 1. The summed E-state index contributed by atoms with van der Waals surface area (Å²) in [5.74, 6) is 0.0317. The molecule has 0 radical (unpaired) electrons. The van der Waals surface area contributed by atoms with Gasteiger partial charge in [0.25, 0.3) is 5.91 Å². The number of ketones is 1. The molecule has 2 rings (SSSR count). The van der Waals surface area contributed by atoms with Gasteiger partial charge in [-0.05, 0) is 49.7 Å². The average molecular weight is 404 g/mol. The van der Waals surface area contributed by atoms with Crippen LogP contribution in [0.4, 0.5) is 11.4 Å². The molecule has 7 nitrogen and oxygen atoms in total. The summed E-state index contributed by atoms with van der Waals surface area (Å²) in [7, 11) is -1.89. The molecule has 0 aliphatic carbocycles. The molecule has 0 saturated carbocycles. The summed E-state index contributed by atoms with van der Waals surface area (Å²) in [6.45, 7) is 3.28. The Balaban J connectivity index is 2.08. The highest BCUT2D eigenvalue weighted by atomic mass is 32.2. The molecule has 0 saturated heterocycles. The standard InChI is InChI=1S/C20H24N2O5S/c1-5-19(20(24)21-16-8-6-7-15(13-16)14(2)23)27-18-11-9-17(10-12-18)22(3)28(4,25)26/h6-13,19H,5H2,1-4H3,(H,21,24). The summed E-state index contributed by atoms with van der Waals surface area (Å²) in [5.41, 5.74) is 1.52. The van der Waals surface area contributed by atoms with Crippen LogP contribution < -0.4 is 14.4 Å². The van der Waals surface area contributed by atoms with Crippen LogP contribution in [0.3, 0.4) is 0 Å². The average Bonchev–Trinajstić information content (AvgIpc) is 2.65. The number of rotatable bonds is 8. The molecule has 0 aromatic heterocycles. The predicted octanol–water partition coefficient (Wildman–Crippen LogP) is 3.08. The summed E-state index contributed by atoms with van der Waals surface area (Å²) in [6.07, 6.45) is 0.818. The van der Waals surface area contributed by atoms with Crippen LogP contribution >= 0.6 is 0 Å². The Morgan fingerprint density at radius 3 is 2.32 bits per heavy atom. The van der Waals surface area contributed by atoms with E-state index in [0.29, 0.717) is 29.1 Å². The van der Waals surface area contributed by atoms with Crippen molar-refractivity contribution in [2.24, 2.45) is 0 Å². The number of nitrogens with one attached hydrogen (secondary N) is 1. The number of Topliss-reactive ketones (excluding diaryl/α,β-unsaturated/α-hetero) is 1. The van der Waals surface area contributed by atoms with Gasteiger partial charge in [-0.2, -0.15) is 0 Å². The highest BCUT2D eigenvalue weighted by Crippen LogP contribution is 2.22. The SMILES string of the molecule is CCC(Oc1ccc(N(C)S(C)(=O)=O)cc1)C(=O)Nc1cccc(C(C)=O)c1. The molecule has 8 heteroatoms. The number of ether oxygens (including phenoxy) is 1. The van der Waals surface area contributed by atoms with Crippen molar-refractivity contribution in [3.63, 3.8) is 0 Å². The Morgan fingerprint density at radius 1 is 1.14 bits per heavy atom. The largest absolute Gasteiger partial charge is 0.481 e. The number of carbonyl (C=O) groups is 2. The van der Waals surface area contributed by atoms with E-state index in [-0.39, 0.29) is 11.7 Å². The molecule has 0 fully saturated rings. The highest BCUT2D eigenvalue weighted by Gasteiger charge is 2.19. The quantitative estimate of drug-likeness (QED) is 0.683. The minimum atomic E-state index is -3.35. The van der Waals surface area contributed by atoms with Gasteiger partial charge in [-0.25, -0.2) is 8.42 Å². The molecule has 0 aliphatic rings. The van der Waals surface area contributed by atoms with Crippen molar-refractivity contribution in [2.75, 3.05) is 22.9 Å². The second kappa shape index (κ2) is 8.88. The minimum absolute atomic E-state index is 0.0847. The molecule has 2 aromatic carbocycles.